The van der Waals surface area contributed by atoms with E-state index in [1.54, 1.807) is 19.0 Å². The molecule has 0 spiro atoms. The van der Waals surface area contributed by atoms with E-state index in [2.05, 4.69) is 10.6 Å². The van der Waals surface area contributed by atoms with Crippen LogP contribution < -0.4 is 10.6 Å². The highest BCUT2D eigenvalue weighted by molar-refractivity contribution is 5.76. The number of nitrogens with one attached hydrogen (secondary N) is 2. The van der Waals surface area contributed by atoms with Crippen molar-refractivity contribution in [2.45, 2.75) is 12.5 Å². The highest BCUT2D eigenvalue weighted by atomic mass is 16.2. The van der Waals surface area contributed by atoms with Crippen molar-refractivity contribution in [2.75, 3.05) is 33.7 Å². The van der Waals surface area contributed by atoms with E-state index in [0.29, 0.717) is 12.5 Å². The van der Waals surface area contributed by atoms with Gasteiger partial charge in [0.2, 0.25) is 5.91 Å². The number of carbonyl (C=O) groups excluding carboxylic acids is 1. The summed E-state index contributed by atoms with van der Waals surface area (Å²) < 4.78 is 0. The normalized spacial score (nSPS) is 23.7. The number of hydrogen-bond donors (Lipinski definition) is 2. The zero-order chi connectivity index (χ0) is 8.97. The van der Waals surface area contributed by atoms with Gasteiger partial charge in [0.15, 0.2) is 0 Å². The van der Waals surface area contributed by atoms with E-state index in [1.807, 2.05) is 0 Å². The Labute approximate surface area is 73.3 Å². The van der Waals surface area contributed by atoms with Crippen LogP contribution in [0.2, 0.25) is 0 Å². The van der Waals surface area contributed by atoms with Crippen LogP contribution in [0.15, 0.2) is 0 Å². The van der Waals surface area contributed by atoms with Crippen molar-refractivity contribution in [2.24, 2.45) is 0 Å². The largest absolute Gasteiger partial charge is 0.349 e. The molecule has 0 aromatic heterocycles. The molecule has 1 aliphatic heterocycles. The molecular formula is C8H17N3O. The molecule has 4 heteroatoms. The standard InChI is InChI=1S/C8H17N3O/c1-11(2)8(12)5-7-6-9-3-4-10-7/h7,9-10H,3-6H2,1-2H3/t7-/m1/s1. The average molecular weight is 171 g/mol. The van der Waals surface area contributed by atoms with E-state index in [4.69, 9.17) is 0 Å². The summed E-state index contributed by atoms with van der Waals surface area (Å²) in [7, 11) is 3.58. The maximum Gasteiger partial charge on any atom is 0.223 e. The molecule has 0 aromatic carbocycles. The van der Waals surface area contributed by atoms with Gasteiger partial charge in [-0.3, -0.25) is 4.79 Å². The molecule has 2 N–H and O–H groups in total. The van der Waals surface area contributed by atoms with Crippen molar-refractivity contribution in [3.63, 3.8) is 0 Å². The molecule has 1 atom stereocenters. The van der Waals surface area contributed by atoms with Gasteiger partial charge in [0.05, 0.1) is 0 Å². The van der Waals surface area contributed by atoms with Crippen LogP contribution >= 0.6 is 0 Å². The lowest BCUT2D eigenvalue weighted by Gasteiger charge is -2.25. The van der Waals surface area contributed by atoms with Crippen LogP contribution in [0, 0.1) is 0 Å². The summed E-state index contributed by atoms with van der Waals surface area (Å²) in [5.74, 6) is 0.191. The highest BCUT2D eigenvalue weighted by Gasteiger charge is 2.16. The topological polar surface area (TPSA) is 44.4 Å². The molecule has 1 rings (SSSR count). The second kappa shape index (κ2) is 4.42. The first-order chi connectivity index (χ1) is 5.70. The van der Waals surface area contributed by atoms with Gasteiger partial charge in [-0.1, -0.05) is 0 Å². The Balaban J connectivity index is 2.24. The number of piperazine rings is 1. The molecule has 1 amide bonds. The maximum atomic E-state index is 11.3. The van der Waals surface area contributed by atoms with Crippen molar-refractivity contribution in [1.82, 2.24) is 15.5 Å². The van der Waals surface area contributed by atoms with Crippen LogP contribution in [-0.4, -0.2) is 50.6 Å². The Morgan fingerprint density at radius 1 is 1.50 bits per heavy atom. The van der Waals surface area contributed by atoms with Crippen LogP contribution in [0.4, 0.5) is 0 Å². The number of rotatable bonds is 2. The second-order valence-electron chi connectivity index (χ2n) is 3.35. The third-order valence-electron chi connectivity index (χ3n) is 2.05. The summed E-state index contributed by atoms with van der Waals surface area (Å²) >= 11 is 0. The summed E-state index contributed by atoms with van der Waals surface area (Å²) in [4.78, 5) is 12.9. The molecule has 1 saturated heterocycles. The van der Waals surface area contributed by atoms with E-state index in [-0.39, 0.29) is 5.91 Å². The molecule has 70 valence electrons. The van der Waals surface area contributed by atoms with E-state index in [9.17, 15) is 4.79 Å². The molecule has 1 fully saturated rings. The van der Waals surface area contributed by atoms with Gasteiger partial charge >= 0.3 is 0 Å². The Kier molecular flexibility index (Phi) is 3.49. The lowest BCUT2D eigenvalue weighted by atomic mass is 10.1. The monoisotopic (exact) mass is 171 g/mol. The molecule has 4 nitrogen and oxygen atoms in total. The molecule has 1 heterocycles. The van der Waals surface area contributed by atoms with Crippen LogP contribution in [0.3, 0.4) is 0 Å². The zero-order valence-electron chi connectivity index (χ0n) is 7.76. The Bertz CT molecular complexity index is 152. The molecule has 0 bridgehead atoms. The Hall–Kier alpha value is -0.610. The zero-order valence-corrected chi connectivity index (χ0v) is 7.76. The third kappa shape index (κ3) is 2.79. The molecule has 1 aliphatic rings. The predicted molar refractivity (Wildman–Crippen MR) is 48.0 cm³/mol. The number of hydrogen-bond acceptors (Lipinski definition) is 3. The molecule has 0 saturated carbocycles. The van der Waals surface area contributed by atoms with Crippen molar-refractivity contribution in [3.05, 3.63) is 0 Å². The van der Waals surface area contributed by atoms with Crippen molar-refractivity contribution in [1.29, 1.82) is 0 Å². The van der Waals surface area contributed by atoms with Gasteiger partial charge in [-0.25, -0.2) is 0 Å². The maximum absolute atomic E-state index is 11.3. The van der Waals surface area contributed by atoms with Gasteiger partial charge in [-0.15, -0.1) is 0 Å². The third-order valence-corrected chi connectivity index (χ3v) is 2.05. The second-order valence-corrected chi connectivity index (χ2v) is 3.35. The van der Waals surface area contributed by atoms with E-state index >= 15 is 0 Å². The molecule has 0 radical (unpaired) electrons. The lowest BCUT2D eigenvalue weighted by Crippen LogP contribution is -2.50. The van der Waals surface area contributed by atoms with Crippen LogP contribution in [0.5, 0.6) is 0 Å². The van der Waals surface area contributed by atoms with Gasteiger partial charge < -0.3 is 15.5 Å². The minimum atomic E-state index is 0.191. The lowest BCUT2D eigenvalue weighted by molar-refractivity contribution is -0.129. The molecule has 0 aliphatic carbocycles. The Morgan fingerprint density at radius 2 is 2.25 bits per heavy atom. The van der Waals surface area contributed by atoms with Gasteiger partial charge in [0.1, 0.15) is 0 Å². The summed E-state index contributed by atoms with van der Waals surface area (Å²) in [6.07, 6.45) is 0.597. The smallest absolute Gasteiger partial charge is 0.223 e. The van der Waals surface area contributed by atoms with Crippen molar-refractivity contribution < 1.29 is 4.79 Å². The van der Waals surface area contributed by atoms with E-state index in [0.717, 1.165) is 19.6 Å². The van der Waals surface area contributed by atoms with Gasteiger partial charge in [0.25, 0.3) is 0 Å². The van der Waals surface area contributed by atoms with Crippen molar-refractivity contribution >= 4 is 5.91 Å². The Morgan fingerprint density at radius 3 is 2.75 bits per heavy atom. The first kappa shape index (κ1) is 9.48. The average Bonchev–Trinajstić information content (AvgIpc) is 2.06. The van der Waals surface area contributed by atoms with E-state index in [1.165, 1.54) is 0 Å². The SMILES string of the molecule is CN(C)C(=O)C[C@@H]1CNCCN1. The predicted octanol–water partition coefficient (Wildman–Crippen LogP) is -0.974. The molecule has 0 aromatic rings. The van der Waals surface area contributed by atoms with Crippen LogP contribution in [-0.2, 0) is 4.79 Å². The first-order valence-corrected chi connectivity index (χ1v) is 4.34. The summed E-state index contributed by atoms with van der Waals surface area (Å²) in [6, 6.07) is 0.314. The number of amides is 1. The minimum Gasteiger partial charge on any atom is -0.349 e. The van der Waals surface area contributed by atoms with Crippen molar-refractivity contribution in [3.8, 4) is 0 Å². The fourth-order valence-electron chi connectivity index (χ4n) is 1.25. The van der Waals surface area contributed by atoms with Crippen LogP contribution in [0.1, 0.15) is 6.42 Å². The highest BCUT2D eigenvalue weighted by Crippen LogP contribution is 1.96. The van der Waals surface area contributed by atoms with Crippen LogP contribution in [0.25, 0.3) is 0 Å². The summed E-state index contributed by atoms with van der Waals surface area (Å²) in [5, 5.41) is 6.54. The molecule has 0 unspecified atom stereocenters. The molecule has 12 heavy (non-hydrogen) atoms. The molecular weight excluding hydrogens is 154 g/mol. The fraction of sp³-hybridized carbons (Fsp3) is 0.875. The minimum absolute atomic E-state index is 0.191. The van der Waals surface area contributed by atoms with E-state index < -0.39 is 0 Å². The number of nitrogens with zero attached hydrogens (tertiary/aromatic N) is 1. The van der Waals surface area contributed by atoms with Gasteiger partial charge in [0, 0.05) is 46.2 Å². The van der Waals surface area contributed by atoms with Gasteiger partial charge in [-0.2, -0.15) is 0 Å². The summed E-state index contributed by atoms with van der Waals surface area (Å²) in [5.41, 5.74) is 0. The first-order valence-electron chi connectivity index (χ1n) is 4.34. The number of carbonyl (C=O) groups is 1. The van der Waals surface area contributed by atoms with Gasteiger partial charge in [-0.05, 0) is 0 Å². The fourth-order valence-corrected chi connectivity index (χ4v) is 1.25. The summed E-state index contributed by atoms with van der Waals surface area (Å²) in [6.45, 7) is 2.87. The quantitative estimate of drug-likeness (QED) is 0.561.